The molecule has 1 amide bonds. The van der Waals surface area contributed by atoms with Crippen molar-refractivity contribution in [2.75, 3.05) is 13.6 Å². The molecular formula is C15H20N2O3. The lowest BCUT2D eigenvalue weighted by molar-refractivity contribution is -0.136. The molecule has 0 fully saturated rings. The quantitative estimate of drug-likeness (QED) is 0.855. The molecule has 0 bridgehead atoms. The number of amides is 1. The molecule has 20 heavy (non-hydrogen) atoms. The molecule has 5 nitrogen and oxygen atoms in total. The smallest absolute Gasteiger partial charge is 0.263 e. The molecule has 0 radical (unpaired) electrons. The van der Waals surface area contributed by atoms with Gasteiger partial charge in [0.15, 0.2) is 6.10 Å². The van der Waals surface area contributed by atoms with Crippen LogP contribution in [0.2, 0.25) is 0 Å². The van der Waals surface area contributed by atoms with E-state index >= 15 is 0 Å². The fraction of sp³-hybridized carbons (Fsp3) is 0.467. The van der Waals surface area contributed by atoms with E-state index < -0.39 is 12.2 Å². The van der Waals surface area contributed by atoms with Crippen molar-refractivity contribution in [1.29, 1.82) is 5.26 Å². The Morgan fingerprint density at radius 3 is 2.70 bits per heavy atom. The van der Waals surface area contributed by atoms with Gasteiger partial charge >= 0.3 is 0 Å². The number of likely N-dealkylation sites (N-methyl/N-ethyl adjacent to an activating group) is 1. The number of nitrogens with zero attached hydrogens (tertiary/aromatic N) is 2. The normalized spacial score (nSPS) is 13.2. The van der Waals surface area contributed by atoms with Gasteiger partial charge in [-0.2, -0.15) is 5.26 Å². The van der Waals surface area contributed by atoms with Crippen LogP contribution in [0.1, 0.15) is 25.8 Å². The topological polar surface area (TPSA) is 73.6 Å². The highest BCUT2D eigenvalue weighted by atomic mass is 16.5. The Hall–Kier alpha value is -2.06. The minimum atomic E-state index is -0.677. The maximum absolute atomic E-state index is 12.1. The average molecular weight is 276 g/mol. The van der Waals surface area contributed by atoms with E-state index in [0.29, 0.717) is 24.3 Å². The van der Waals surface area contributed by atoms with Crippen LogP contribution >= 0.6 is 0 Å². The fourth-order valence-electron chi connectivity index (χ4n) is 1.70. The molecule has 0 aromatic heterocycles. The number of hydrogen-bond donors (Lipinski definition) is 1. The van der Waals surface area contributed by atoms with Crippen LogP contribution in [0, 0.1) is 11.3 Å². The second kappa shape index (κ2) is 7.51. The fourth-order valence-corrected chi connectivity index (χ4v) is 1.70. The van der Waals surface area contributed by atoms with Crippen molar-refractivity contribution in [3.05, 3.63) is 29.8 Å². The van der Waals surface area contributed by atoms with Crippen molar-refractivity contribution >= 4 is 5.91 Å². The lowest BCUT2D eigenvalue weighted by Crippen LogP contribution is -2.39. The number of para-hydroxylation sites is 1. The van der Waals surface area contributed by atoms with Crippen molar-refractivity contribution < 1.29 is 14.6 Å². The standard InChI is InChI=1S/C15H20N2O3/c1-11(18)8-9-17(3)15(19)12(2)20-14-7-5-4-6-13(14)10-16/h4-7,11-12,18H,8-9H2,1-3H3. The molecule has 1 aromatic carbocycles. The van der Waals surface area contributed by atoms with Crippen molar-refractivity contribution in [2.24, 2.45) is 0 Å². The first-order valence-electron chi connectivity index (χ1n) is 6.54. The zero-order valence-corrected chi connectivity index (χ0v) is 12.0. The third kappa shape index (κ3) is 4.56. The molecule has 108 valence electrons. The van der Waals surface area contributed by atoms with Crippen LogP contribution < -0.4 is 4.74 Å². The number of hydrogen-bond acceptors (Lipinski definition) is 4. The van der Waals surface area contributed by atoms with Gasteiger partial charge in [0.1, 0.15) is 11.8 Å². The van der Waals surface area contributed by atoms with E-state index in [2.05, 4.69) is 0 Å². The molecule has 0 heterocycles. The van der Waals surface area contributed by atoms with Crippen molar-refractivity contribution in [3.63, 3.8) is 0 Å². The first-order chi connectivity index (χ1) is 9.45. The predicted molar refractivity (Wildman–Crippen MR) is 75.2 cm³/mol. The molecule has 1 aromatic rings. The van der Waals surface area contributed by atoms with Crippen LogP contribution in [0.5, 0.6) is 5.75 Å². The summed E-state index contributed by atoms with van der Waals surface area (Å²) < 4.78 is 5.55. The van der Waals surface area contributed by atoms with Crippen molar-refractivity contribution in [1.82, 2.24) is 4.90 Å². The first kappa shape index (κ1) is 16.0. The maximum atomic E-state index is 12.1. The van der Waals surface area contributed by atoms with E-state index in [-0.39, 0.29) is 5.91 Å². The SMILES string of the molecule is CC(O)CCN(C)C(=O)C(C)Oc1ccccc1C#N. The van der Waals surface area contributed by atoms with Gasteiger partial charge < -0.3 is 14.7 Å². The summed E-state index contributed by atoms with van der Waals surface area (Å²) in [5.41, 5.74) is 0.402. The summed E-state index contributed by atoms with van der Waals surface area (Å²) in [6, 6.07) is 8.83. The summed E-state index contributed by atoms with van der Waals surface area (Å²) in [5.74, 6) is 0.221. The van der Waals surface area contributed by atoms with Crippen LogP contribution in [0.15, 0.2) is 24.3 Å². The molecule has 0 aliphatic rings. The Labute approximate surface area is 119 Å². The summed E-state index contributed by atoms with van der Waals surface area (Å²) >= 11 is 0. The molecule has 1 N–H and O–H groups in total. The van der Waals surface area contributed by atoms with Gasteiger partial charge in [0, 0.05) is 13.6 Å². The van der Waals surface area contributed by atoms with E-state index in [1.165, 1.54) is 4.90 Å². The van der Waals surface area contributed by atoms with Gasteiger partial charge in [-0.15, -0.1) is 0 Å². The molecule has 0 saturated carbocycles. The number of ether oxygens (including phenoxy) is 1. The minimum Gasteiger partial charge on any atom is -0.480 e. The average Bonchev–Trinajstić information content (AvgIpc) is 2.44. The van der Waals surface area contributed by atoms with E-state index in [9.17, 15) is 9.90 Å². The second-order valence-corrected chi connectivity index (χ2v) is 4.77. The number of nitriles is 1. The van der Waals surface area contributed by atoms with Crippen LogP contribution in [0.25, 0.3) is 0 Å². The summed E-state index contributed by atoms with van der Waals surface area (Å²) in [4.78, 5) is 13.6. The number of carbonyl (C=O) groups is 1. The van der Waals surface area contributed by atoms with Gasteiger partial charge in [0.05, 0.1) is 11.7 Å². The molecule has 5 heteroatoms. The maximum Gasteiger partial charge on any atom is 0.263 e. The Morgan fingerprint density at radius 2 is 2.10 bits per heavy atom. The van der Waals surface area contributed by atoms with Gasteiger partial charge in [-0.3, -0.25) is 4.79 Å². The Morgan fingerprint density at radius 1 is 1.45 bits per heavy atom. The first-order valence-corrected chi connectivity index (χ1v) is 6.54. The van der Waals surface area contributed by atoms with Crippen LogP contribution in [0.4, 0.5) is 0 Å². The monoisotopic (exact) mass is 276 g/mol. The van der Waals surface area contributed by atoms with Crippen LogP contribution in [0.3, 0.4) is 0 Å². The van der Waals surface area contributed by atoms with Crippen molar-refractivity contribution in [2.45, 2.75) is 32.5 Å². The number of benzene rings is 1. The van der Waals surface area contributed by atoms with Gasteiger partial charge in [0.25, 0.3) is 5.91 Å². The minimum absolute atomic E-state index is 0.182. The summed E-state index contributed by atoms with van der Waals surface area (Å²) in [6.07, 6.45) is -0.603. The molecule has 2 unspecified atom stereocenters. The number of carbonyl (C=O) groups excluding carboxylic acids is 1. The van der Waals surface area contributed by atoms with Crippen LogP contribution in [-0.4, -0.2) is 41.7 Å². The molecule has 0 aliphatic heterocycles. The number of aliphatic hydroxyl groups is 1. The molecule has 0 aliphatic carbocycles. The Balaban J connectivity index is 2.64. The molecular weight excluding hydrogens is 256 g/mol. The predicted octanol–water partition coefficient (Wildman–Crippen LogP) is 1.55. The Bertz CT molecular complexity index is 494. The largest absolute Gasteiger partial charge is 0.480 e. The van der Waals surface area contributed by atoms with E-state index in [1.807, 2.05) is 6.07 Å². The summed E-state index contributed by atoms with van der Waals surface area (Å²) in [7, 11) is 1.67. The number of aliphatic hydroxyl groups excluding tert-OH is 1. The van der Waals surface area contributed by atoms with Gasteiger partial charge in [-0.1, -0.05) is 12.1 Å². The van der Waals surface area contributed by atoms with E-state index in [4.69, 9.17) is 10.00 Å². The van der Waals surface area contributed by atoms with E-state index in [1.54, 1.807) is 45.2 Å². The van der Waals surface area contributed by atoms with Crippen molar-refractivity contribution in [3.8, 4) is 11.8 Å². The molecule has 0 spiro atoms. The zero-order chi connectivity index (χ0) is 15.1. The molecule has 2 atom stereocenters. The van der Waals surface area contributed by atoms with Gasteiger partial charge in [-0.25, -0.2) is 0 Å². The van der Waals surface area contributed by atoms with Gasteiger partial charge in [0.2, 0.25) is 0 Å². The van der Waals surface area contributed by atoms with E-state index in [0.717, 1.165) is 0 Å². The lowest BCUT2D eigenvalue weighted by Gasteiger charge is -2.23. The number of rotatable bonds is 6. The van der Waals surface area contributed by atoms with Gasteiger partial charge in [-0.05, 0) is 32.4 Å². The second-order valence-electron chi connectivity index (χ2n) is 4.77. The lowest BCUT2D eigenvalue weighted by atomic mass is 10.2. The highest BCUT2D eigenvalue weighted by molar-refractivity contribution is 5.80. The third-order valence-electron chi connectivity index (χ3n) is 2.92. The zero-order valence-electron chi connectivity index (χ0n) is 12.0. The third-order valence-corrected chi connectivity index (χ3v) is 2.92. The summed E-state index contributed by atoms with van der Waals surface area (Å²) in [5, 5.41) is 18.2. The highest BCUT2D eigenvalue weighted by Crippen LogP contribution is 2.18. The molecule has 0 saturated heterocycles. The molecule has 1 rings (SSSR count). The van der Waals surface area contributed by atoms with Crippen LogP contribution in [-0.2, 0) is 4.79 Å². The highest BCUT2D eigenvalue weighted by Gasteiger charge is 2.20. The summed E-state index contributed by atoms with van der Waals surface area (Å²) in [6.45, 7) is 3.79. The Kier molecular flexibility index (Phi) is 6.01.